The molecule has 0 fully saturated rings. The van der Waals surface area contributed by atoms with Crippen LogP contribution in [0.2, 0.25) is 0 Å². The number of anilines is 2. The maximum absolute atomic E-state index is 12.9. The van der Waals surface area contributed by atoms with E-state index in [1.54, 1.807) is 19.9 Å². The Morgan fingerprint density at radius 3 is 2.32 bits per heavy atom. The molecule has 172 valence electrons. The second-order valence-electron chi connectivity index (χ2n) is 7.65. The molecule has 34 heavy (non-hydrogen) atoms. The Hall–Kier alpha value is -4.39. The first-order valence-electron chi connectivity index (χ1n) is 10.9. The van der Waals surface area contributed by atoms with Gasteiger partial charge in [0.2, 0.25) is 0 Å². The van der Waals surface area contributed by atoms with Gasteiger partial charge in [0.25, 0.3) is 0 Å². The fraction of sp³-hybridized carbons (Fsp3) is 0.148. The highest BCUT2D eigenvalue weighted by Crippen LogP contribution is 2.38. The topological polar surface area (TPSA) is 92.9 Å². The highest BCUT2D eigenvalue weighted by Gasteiger charge is 2.28. The van der Waals surface area contributed by atoms with Crippen LogP contribution in [0.15, 0.2) is 83.4 Å². The van der Waals surface area contributed by atoms with Crippen molar-refractivity contribution in [3.8, 4) is 22.4 Å². The first-order valence-corrected chi connectivity index (χ1v) is 10.9. The Morgan fingerprint density at radius 1 is 0.941 bits per heavy atom. The Labute approximate surface area is 197 Å². The molecule has 0 saturated heterocycles. The predicted molar refractivity (Wildman–Crippen MR) is 129 cm³/mol. The molecular weight excluding hydrogens is 432 g/mol. The van der Waals surface area contributed by atoms with E-state index in [9.17, 15) is 9.59 Å². The fourth-order valence-corrected chi connectivity index (χ4v) is 3.77. The summed E-state index contributed by atoms with van der Waals surface area (Å²) in [7, 11) is 0. The van der Waals surface area contributed by atoms with Crippen LogP contribution in [-0.2, 0) is 16.0 Å². The van der Waals surface area contributed by atoms with Gasteiger partial charge in [-0.05, 0) is 42.7 Å². The van der Waals surface area contributed by atoms with Crippen molar-refractivity contribution in [3.05, 3.63) is 90.2 Å². The molecule has 4 rings (SSSR count). The molecule has 3 aromatic carbocycles. The molecule has 0 radical (unpaired) electrons. The summed E-state index contributed by atoms with van der Waals surface area (Å²) in [4.78, 5) is 25.4. The third kappa shape index (κ3) is 4.83. The van der Waals surface area contributed by atoms with Crippen LogP contribution >= 0.6 is 0 Å². The van der Waals surface area contributed by atoms with Gasteiger partial charge in [0.1, 0.15) is 11.4 Å². The number of ether oxygens (including phenoxy) is 1. The number of carboxylic acid groups (broad SMARTS) is 1. The van der Waals surface area contributed by atoms with Crippen molar-refractivity contribution in [1.29, 1.82) is 0 Å². The molecule has 0 atom stereocenters. The van der Waals surface area contributed by atoms with Crippen LogP contribution in [0.4, 0.5) is 16.2 Å². The Balaban J connectivity index is 1.72. The molecule has 7 nitrogen and oxygen atoms in total. The Kier molecular flexibility index (Phi) is 6.73. The lowest BCUT2D eigenvalue weighted by molar-refractivity contribution is -0.136. The molecule has 0 saturated carbocycles. The van der Waals surface area contributed by atoms with Crippen LogP contribution in [0.25, 0.3) is 22.4 Å². The summed E-state index contributed by atoms with van der Waals surface area (Å²) in [5.41, 5.74) is 5.02. The molecule has 7 heteroatoms. The van der Waals surface area contributed by atoms with Crippen LogP contribution < -0.4 is 4.90 Å². The molecule has 1 aromatic heterocycles. The first kappa shape index (κ1) is 22.8. The standard InChI is InChI=1S/C27H24N2O5/c1-3-33-27(32)29(23-10-5-4-6-11-23)26-18(2)34-28-25(26)21-14-12-20(13-15-21)22-9-7-8-19(16-22)17-24(30)31/h4-16H,3,17H2,1-2H3,(H,30,31). The average Bonchev–Trinajstić information content (AvgIpc) is 3.21. The normalized spacial score (nSPS) is 10.6. The monoisotopic (exact) mass is 456 g/mol. The zero-order valence-corrected chi connectivity index (χ0v) is 18.9. The third-order valence-electron chi connectivity index (χ3n) is 5.29. The van der Waals surface area contributed by atoms with Crippen LogP contribution in [0.3, 0.4) is 0 Å². The molecule has 1 heterocycles. The van der Waals surface area contributed by atoms with E-state index in [-0.39, 0.29) is 13.0 Å². The summed E-state index contributed by atoms with van der Waals surface area (Å²) in [5, 5.41) is 13.3. The van der Waals surface area contributed by atoms with E-state index >= 15 is 0 Å². The molecule has 0 aliphatic rings. The Morgan fingerprint density at radius 2 is 1.65 bits per heavy atom. The van der Waals surface area contributed by atoms with Gasteiger partial charge in [0.15, 0.2) is 5.76 Å². The maximum atomic E-state index is 12.9. The zero-order chi connectivity index (χ0) is 24.1. The highest BCUT2D eigenvalue weighted by atomic mass is 16.6. The van der Waals surface area contributed by atoms with Crippen LogP contribution in [0, 0.1) is 6.92 Å². The van der Waals surface area contributed by atoms with Crippen molar-refractivity contribution < 1.29 is 24.0 Å². The molecule has 0 aliphatic carbocycles. The molecule has 0 unspecified atom stereocenters. The van der Waals surface area contributed by atoms with Crippen LogP contribution in [-0.4, -0.2) is 28.9 Å². The Bertz CT molecular complexity index is 1300. The lowest BCUT2D eigenvalue weighted by atomic mass is 9.99. The lowest BCUT2D eigenvalue weighted by Crippen LogP contribution is -2.27. The first-order chi connectivity index (χ1) is 16.5. The highest BCUT2D eigenvalue weighted by molar-refractivity contribution is 6.00. The minimum Gasteiger partial charge on any atom is -0.481 e. The minimum absolute atomic E-state index is 0.0311. The van der Waals surface area contributed by atoms with Gasteiger partial charge in [-0.15, -0.1) is 0 Å². The zero-order valence-electron chi connectivity index (χ0n) is 18.9. The van der Waals surface area contributed by atoms with Gasteiger partial charge in [-0.3, -0.25) is 4.79 Å². The van der Waals surface area contributed by atoms with Crippen molar-refractivity contribution >= 4 is 23.4 Å². The van der Waals surface area contributed by atoms with Crippen molar-refractivity contribution in [2.45, 2.75) is 20.3 Å². The molecule has 4 aromatic rings. The largest absolute Gasteiger partial charge is 0.481 e. The van der Waals surface area contributed by atoms with Gasteiger partial charge in [0, 0.05) is 5.56 Å². The average molecular weight is 456 g/mol. The smallest absolute Gasteiger partial charge is 0.419 e. The summed E-state index contributed by atoms with van der Waals surface area (Å²) in [6, 6.07) is 24.3. The van der Waals surface area contributed by atoms with E-state index in [2.05, 4.69) is 5.16 Å². The number of hydrogen-bond acceptors (Lipinski definition) is 5. The van der Waals surface area contributed by atoms with E-state index in [0.29, 0.717) is 22.8 Å². The number of benzene rings is 3. The number of rotatable bonds is 7. The van der Waals surface area contributed by atoms with Gasteiger partial charge in [0.05, 0.1) is 18.7 Å². The third-order valence-corrected chi connectivity index (χ3v) is 5.29. The molecule has 0 aliphatic heterocycles. The number of amides is 1. The molecule has 1 amide bonds. The van der Waals surface area contributed by atoms with Crippen molar-refractivity contribution in [1.82, 2.24) is 5.16 Å². The number of aliphatic carboxylic acids is 1. The predicted octanol–water partition coefficient (Wildman–Crippen LogP) is 6.24. The van der Waals surface area contributed by atoms with Gasteiger partial charge < -0.3 is 14.4 Å². The minimum atomic E-state index is -0.869. The summed E-state index contributed by atoms with van der Waals surface area (Å²) in [6.07, 6.45) is -0.551. The number of carbonyl (C=O) groups is 2. The molecule has 0 spiro atoms. The summed E-state index contributed by atoms with van der Waals surface area (Å²) in [5.74, 6) is -0.386. The number of carbonyl (C=O) groups excluding carboxylic acids is 1. The van der Waals surface area contributed by atoms with Gasteiger partial charge >= 0.3 is 12.1 Å². The molecular formula is C27H24N2O5. The van der Waals surface area contributed by atoms with E-state index in [1.165, 1.54) is 4.90 Å². The fourth-order valence-electron chi connectivity index (χ4n) is 3.77. The summed E-state index contributed by atoms with van der Waals surface area (Å²) in [6.45, 7) is 3.74. The van der Waals surface area contributed by atoms with Gasteiger partial charge in [-0.2, -0.15) is 0 Å². The van der Waals surface area contributed by atoms with E-state index in [1.807, 2.05) is 72.8 Å². The number of carboxylic acids is 1. The van der Waals surface area contributed by atoms with E-state index < -0.39 is 12.1 Å². The van der Waals surface area contributed by atoms with Crippen LogP contribution in [0.5, 0.6) is 0 Å². The second kappa shape index (κ2) is 10.0. The van der Waals surface area contributed by atoms with Gasteiger partial charge in [-0.25, -0.2) is 9.69 Å². The number of para-hydroxylation sites is 1. The maximum Gasteiger partial charge on any atom is 0.419 e. The van der Waals surface area contributed by atoms with Crippen LogP contribution in [0.1, 0.15) is 18.2 Å². The van der Waals surface area contributed by atoms with E-state index in [4.69, 9.17) is 14.4 Å². The van der Waals surface area contributed by atoms with E-state index in [0.717, 1.165) is 22.3 Å². The lowest BCUT2D eigenvalue weighted by Gasteiger charge is -2.22. The van der Waals surface area contributed by atoms with Crippen molar-refractivity contribution in [3.63, 3.8) is 0 Å². The van der Waals surface area contributed by atoms with Gasteiger partial charge in [-0.1, -0.05) is 71.9 Å². The molecule has 0 bridgehead atoms. The summed E-state index contributed by atoms with van der Waals surface area (Å²) < 4.78 is 10.8. The number of nitrogens with zero attached hydrogens (tertiary/aromatic N) is 2. The second-order valence-corrected chi connectivity index (χ2v) is 7.65. The summed E-state index contributed by atoms with van der Waals surface area (Å²) >= 11 is 0. The quantitative estimate of drug-likeness (QED) is 0.354. The number of aryl methyl sites for hydroxylation is 1. The number of hydrogen-bond donors (Lipinski definition) is 1. The molecule has 1 N–H and O–H groups in total. The SMILES string of the molecule is CCOC(=O)N(c1ccccc1)c1c(-c2ccc(-c3cccc(CC(=O)O)c3)cc2)noc1C. The number of aromatic nitrogens is 1. The van der Waals surface area contributed by atoms with Crippen molar-refractivity contribution in [2.75, 3.05) is 11.5 Å². The van der Waals surface area contributed by atoms with Crippen molar-refractivity contribution in [2.24, 2.45) is 0 Å².